The zero-order chi connectivity index (χ0) is 12.1. The largest absolute Gasteiger partial charge is 0.378 e. The van der Waals surface area contributed by atoms with E-state index in [1.165, 1.54) is 0 Å². The average Bonchev–Trinajstić information content (AvgIpc) is 2.74. The number of carbonyl (C=O) groups excluding carboxylic acids is 1. The van der Waals surface area contributed by atoms with Gasteiger partial charge < -0.3 is 19.9 Å². The van der Waals surface area contributed by atoms with Crippen LogP contribution in [0, 0.1) is 6.92 Å². The summed E-state index contributed by atoms with van der Waals surface area (Å²) in [5.74, 6) is 0.941. The molecule has 17 heavy (non-hydrogen) atoms. The van der Waals surface area contributed by atoms with E-state index in [-0.39, 0.29) is 11.9 Å². The molecule has 1 aliphatic rings. The maximum Gasteiger partial charge on any atom is 0.223 e. The van der Waals surface area contributed by atoms with Crippen molar-refractivity contribution in [3.05, 3.63) is 11.7 Å². The van der Waals surface area contributed by atoms with Crippen molar-refractivity contribution in [2.24, 2.45) is 0 Å². The summed E-state index contributed by atoms with van der Waals surface area (Å²) in [7, 11) is 0. The Kier molecular flexibility index (Phi) is 4.05. The monoisotopic (exact) mass is 240 g/mol. The van der Waals surface area contributed by atoms with Crippen molar-refractivity contribution in [3.8, 4) is 0 Å². The number of rotatable bonds is 4. The number of amides is 1. The van der Waals surface area contributed by atoms with Gasteiger partial charge in [-0.3, -0.25) is 4.79 Å². The maximum atomic E-state index is 11.6. The van der Waals surface area contributed by atoms with E-state index in [0.29, 0.717) is 37.9 Å². The van der Waals surface area contributed by atoms with Crippen LogP contribution in [-0.4, -0.2) is 41.8 Å². The molecule has 1 aliphatic heterocycles. The predicted molar refractivity (Wildman–Crippen MR) is 58.1 cm³/mol. The minimum Gasteiger partial charge on any atom is -0.378 e. The number of aryl methyl sites for hydroxylation is 1. The van der Waals surface area contributed by atoms with E-state index in [1.807, 2.05) is 0 Å². The molecular weight excluding hydrogens is 224 g/mol. The number of hydrogen-bond donors (Lipinski definition) is 2. The molecule has 94 valence electrons. The van der Waals surface area contributed by atoms with Crippen LogP contribution in [0.4, 0.5) is 0 Å². The van der Waals surface area contributed by atoms with Gasteiger partial charge in [-0.1, -0.05) is 5.16 Å². The van der Waals surface area contributed by atoms with Crippen molar-refractivity contribution in [1.82, 2.24) is 20.8 Å². The zero-order valence-electron chi connectivity index (χ0n) is 9.73. The smallest absolute Gasteiger partial charge is 0.223 e. The van der Waals surface area contributed by atoms with Gasteiger partial charge in [-0.2, -0.15) is 4.98 Å². The highest BCUT2D eigenvalue weighted by molar-refractivity contribution is 5.76. The number of morpholine rings is 1. The first kappa shape index (κ1) is 12.0. The summed E-state index contributed by atoms with van der Waals surface area (Å²) >= 11 is 0. The fourth-order valence-corrected chi connectivity index (χ4v) is 1.64. The van der Waals surface area contributed by atoms with E-state index in [4.69, 9.17) is 9.26 Å². The van der Waals surface area contributed by atoms with Crippen LogP contribution in [0.1, 0.15) is 18.1 Å². The lowest BCUT2D eigenvalue weighted by Crippen LogP contribution is -2.44. The highest BCUT2D eigenvalue weighted by Gasteiger charge is 2.16. The lowest BCUT2D eigenvalue weighted by Gasteiger charge is -2.23. The minimum absolute atomic E-state index is 0.0459. The molecule has 0 aliphatic carbocycles. The molecule has 2 rings (SSSR count). The molecule has 0 radical (unpaired) electrons. The van der Waals surface area contributed by atoms with Gasteiger partial charge in [0.2, 0.25) is 11.8 Å². The summed E-state index contributed by atoms with van der Waals surface area (Å²) < 4.78 is 10.1. The third kappa shape index (κ3) is 3.79. The Bertz CT molecular complexity index is 373. The molecule has 1 aromatic rings. The van der Waals surface area contributed by atoms with Crippen LogP contribution in [0.25, 0.3) is 0 Å². The third-order valence-corrected chi connectivity index (χ3v) is 2.44. The average molecular weight is 240 g/mol. The van der Waals surface area contributed by atoms with Crippen LogP contribution >= 0.6 is 0 Å². The highest BCUT2D eigenvalue weighted by Crippen LogP contribution is 1.99. The van der Waals surface area contributed by atoms with Crippen LogP contribution in [0.3, 0.4) is 0 Å². The van der Waals surface area contributed by atoms with E-state index in [2.05, 4.69) is 20.8 Å². The van der Waals surface area contributed by atoms with Crippen molar-refractivity contribution < 1.29 is 14.1 Å². The second-order valence-corrected chi connectivity index (χ2v) is 3.94. The maximum absolute atomic E-state index is 11.6. The summed E-state index contributed by atoms with van der Waals surface area (Å²) in [6, 6.07) is 0.0933. The van der Waals surface area contributed by atoms with Gasteiger partial charge in [0.05, 0.1) is 19.8 Å². The first-order chi connectivity index (χ1) is 8.24. The number of hydrogen-bond acceptors (Lipinski definition) is 6. The number of nitrogens with zero attached hydrogens (tertiary/aromatic N) is 2. The molecule has 0 aromatic carbocycles. The van der Waals surface area contributed by atoms with Gasteiger partial charge in [0.1, 0.15) is 0 Å². The summed E-state index contributed by atoms with van der Waals surface area (Å²) in [5.41, 5.74) is 0. The lowest BCUT2D eigenvalue weighted by molar-refractivity contribution is -0.122. The Balaban J connectivity index is 1.70. The molecule has 7 heteroatoms. The van der Waals surface area contributed by atoms with Crippen LogP contribution in [0.15, 0.2) is 4.52 Å². The Labute approximate surface area is 98.9 Å². The standard InChI is InChI=1S/C10H16N4O3/c1-7-13-9(14-17-7)5-12-10(15)4-8-6-16-3-2-11-8/h8,11H,2-6H2,1H3,(H,12,15). The van der Waals surface area contributed by atoms with Crippen LogP contribution in [0.2, 0.25) is 0 Å². The van der Waals surface area contributed by atoms with Crippen LogP contribution in [-0.2, 0) is 16.1 Å². The molecule has 1 fully saturated rings. The van der Waals surface area contributed by atoms with E-state index in [0.717, 1.165) is 6.54 Å². The Morgan fingerprint density at radius 2 is 2.53 bits per heavy atom. The summed E-state index contributed by atoms with van der Waals surface area (Å²) in [6.45, 7) is 4.09. The Morgan fingerprint density at radius 1 is 1.65 bits per heavy atom. The molecule has 1 atom stereocenters. The molecule has 0 spiro atoms. The van der Waals surface area contributed by atoms with Gasteiger partial charge in [0.25, 0.3) is 0 Å². The second-order valence-electron chi connectivity index (χ2n) is 3.94. The number of aromatic nitrogens is 2. The molecule has 1 saturated heterocycles. The fraction of sp³-hybridized carbons (Fsp3) is 0.700. The van der Waals surface area contributed by atoms with Crippen molar-refractivity contribution in [2.45, 2.75) is 25.9 Å². The highest BCUT2D eigenvalue weighted by atomic mass is 16.5. The molecule has 0 saturated carbocycles. The number of carbonyl (C=O) groups is 1. The van der Waals surface area contributed by atoms with Gasteiger partial charge >= 0.3 is 0 Å². The molecule has 1 unspecified atom stereocenters. The topological polar surface area (TPSA) is 89.3 Å². The quantitative estimate of drug-likeness (QED) is 0.728. The van der Waals surface area contributed by atoms with E-state index >= 15 is 0 Å². The fourth-order valence-electron chi connectivity index (χ4n) is 1.64. The Hall–Kier alpha value is -1.47. The van der Waals surface area contributed by atoms with E-state index in [1.54, 1.807) is 6.92 Å². The lowest BCUT2D eigenvalue weighted by atomic mass is 10.2. The van der Waals surface area contributed by atoms with E-state index in [9.17, 15) is 4.79 Å². The molecule has 2 N–H and O–H groups in total. The van der Waals surface area contributed by atoms with Crippen molar-refractivity contribution >= 4 is 5.91 Å². The molecule has 2 heterocycles. The van der Waals surface area contributed by atoms with Crippen molar-refractivity contribution in [1.29, 1.82) is 0 Å². The van der Waals surface area contributed by atoms with Gasteiger partial charge in [-0.25, -0.2) is 0 Å². The SMILES string of the molecule is Cc1nc(CNC(=O)CC2COCCN2)no1. The summed E-state index contributed by atoms with van der Waals surface area (Å²) in [4.78, 5) is 15.6. The molecule has 7 nitrogen and oxygen atoms in total. The molecule has 1 aromatic heterocycles. The van der Waals surface area contributed by atoms with Crippen LogP contribution < -0.4 is 10.6 Å². The van der Waals surface area contributed by atoms with Crippen LogP contribution in [0.5, 0.6) is 0 Å². The van der Waals surface area contributed by atoms with E-state index < -0.39 is 0 Å². The normalized spacial score (nSPS) is 20.2. The summed E-state index contributed by atoms with van der Waals surface area (Å²) in [5, 5.41) is 9.65. The first-order valence-electron chi connectivity index (χ1n) is 5.61. The number of nitrogens with one attached hydrogen (secondary N) is 2. The van der Waals surface area contributed by atoms with Crippen molar-refractivity contribution in [3.63, 3.8) is 0 Å². The third-order valence-electron chi connectivity index (χ3n) is 2.44. The second kappa shape index (κ2) is 5.74. The zero-order valence-corrected chi connectivity index (χ0v) is 9.73. The van der Waals surface area contributed by atoms with Crippen molar-refractivity contribution in [2.75, 3.05) is 19.8 Å². The number of ether oxygens (including phenoxy) is 1. The Morgan fingerprint density at radius 3 is 3.18 bits per heavy atom. The predicted octanol–water partition coefficient (Wildman–Crippen LogP) is -0.627. The molecule has 1 amide bonds. The summed E-state index contributed by atoms with van der Waals surface area (Å²) in [6.07, 6.45) is 0.400. The van der Waals surface area contributed by atoms with Gasteiger partial charge in [-0.05, 0) is 0 Å². The van der Waals surface area contributed by atoms with Gasteiger partial charge in [0.15, 0.2) is 5.82 Å². The van der Waals surface area contributed by atoms with Gasteiger partial charge in [0, 0.05) is 25.9 Å². The first-order valence-corrected chi connectivity index (χ1v) is 5.61. The minimum atomic E-state index is -0.0459. The van der Waals surface area contributed by atoms with Gasteiger partial charge in [-0.15, -0.1) is 0 Å². The molecular formula is C10H16N4O3. The molecule has 0 bridgehead atoms.